The fourth-order valence-electron chi connectivity index (χ4n) is 1.04. The molecule has 0 saturated heterocycles. The predicted octanol–water partition coefficient (Wildman–Crippen LogP) is 2.36. The van der Waals surface area contributed by atoms with E-state index >= 15 is 0 Å². The molecule has 0 amide bonds. The Morgan fingerprint density at radius 1 is 1.31 bits per heavy atom. The zero-order valence-electron chi connectivity index (χ0n) is 8.32. The van der Waals surface area contributed by atoms with Gasteiger partial charge in [0.15, 0.2) is 0 Å². The van der Waals surface area contributed by atoms with Gasteiger partial charge in [0, 0.05) is 5.88 Å². The molecule has 0 aliphatic rings. The Morgan fingerprint density at radius 3 is 1.92 bits per heavy atom. The van der Waals surface area contributed by atoms with Crippen LogP contribution in [0.4, 0.5) is 0 Å². The Hall–Kier alpha value is -0.630. The van der Waals surface area contributed by atoms with Crippen LogP contribution in [0.5, 0.6) is 0 Å². The van der Waals surface area contributed by atoms with Gasteiger partial charge in [0.25, 0.3) is 0 Å². The normalized spacial score (nSPS) is 11.1. The summed E-state index contributed by atoms with van der Waals surface area (Å²) in [5.41, 5.74) is -0.221. The summed E-state index contributed by atoms with van der Waals surface area (Å²) in [4.78, 5) is 22.5. The van der Waals surface area contributed by atoms with Crippen molar-refractivity contribution in [2.24, 2.45) is 5.41 Å². The van der Waals surface area contributed by atoms with Gasteiger partial charge in [-0.05, 0) is 27.2 Å². The molecule has 0 bridgehead atoms. The van der Waals surface area contributed by atoms with E-state index in [4.69, 9.17) is 11.6 Å². The van der Waals surface area contributed by atoms with Crippen LogP contribution in [-0.2, 0) is 9.59 Å². The fourth-order valence-corrected chi connectivity index (χ4v) is 1.14. The van der Waals surface area contributed by atoms with Crippen LogP contribution in [0, 0.1) is 5.41 Å². The van der Waals surface area contributed by atoms with Crippen molar-refractivity contribution in [1.29, 1.82) is 0 Å². The molecule has 0 heterocycles. The first-order valence-electron chi connectivity index (χ1n) is 4.09. The monoisotopic (exact) mass is 202 g/mol. The van der Waals surface area contributed by atoms with Crippen molar-refractivity contribution in [1.82, 2.24) is 0 Å². The number of carbonyl (C=O) groups is 2. The van der Waals surface area contributed by atoms with Crippen molar-refractivity contribution in [3.8, 4) is 0 Å². The quantitative estimate of drug-likeness (QED) is 0.390. The van der Waals surface area contributed by atoms with Crippen molar-refractivity contribution in [3.63, 3.8) is 0 Å². The minimum absolute atomic E-state index is 0.133. The van der Waals surface area contributed by atoms with Crippen LogP contribution < -0.4 is 0 Å². The Balaban J connectivity index is 4.72. The number of ketones is 2. The highest BCUT2D eigenvalue weighted by atomic mass is 35.5. The lowest BCUT2D eigenvalue weighted by Gasteiger charge is -2.23. The molecule has 2 nitrogen and oxygen atoms in total. The van der Waals surface area contributed by atoms with Gasteiger partial charge in [-0.2, -0.15) is 0 Å². The average molecular weight is 203 g/mol. The van der Waals surface area contributed by atoms with E-state index in [1.54, 1.807) is 6.92 Å². The third-order valence-electron chi connectivity index (χ3n) is 2.35. The smallest absolute Gasteiger partial charge is 0.143 e. The van der Waals surface area contributed by atoms with Crippen molar-refractivity contribution >= 4 is 23.2 Å². The van der Waals surface area contributed by atoms with Gasteiger partial charge in [-0.3, -0.25) is 9.59 Å². The minimum atomic E-state index is -0.939. The van der Waals surface area contributed by atoms with Crippen LogP contribution in [0.25, 0.3) is 0 Å². The highest BCUT2D eigenvalue weighted by molar-refractivity contribution is 6.19. The SMILES string of the molecule is C=C(CCl)CC(C)(C(C)=O)C(C)=O. The molecule has 0 unspecified atom stereocenters. The molecule has 0 rings (SSSR count). The molecule has 13 heavy (non-hydrogen) atoms. The van der Waals surface area contributed by atoms with Crippen LogP contribution in [0.3, 0.4) is 0 Å². The Morgan fingerprint density at radius 2 is 1.69 bits per heavy atom. The Labute approximate surface area is 84.0 Å². The first-order valence-corrected chi connectivity index (χ1v) is 4.62. The van der Waals surface area contributed by atoms with E-state index in [0.29, 0.717) is 6.42 Å². The van der Waals surface area contributed by atoms with Crippen LogP contribution in [0.2, 0.25) is 0 Å². The molecule has 0 fully saturated rings. The first kappa shape index (κ1) is 12.4. The van der Waals surface area contributed by atoms with Gasteiger partial charge >= 0.3 is 0 Å². The summed E-state index contributed by atoms with van der Waals surface area (Å²) in [5.74, 6) is 0.0217. The van der Waals surface area contributed by atoms with Gasteiger partial charge in [0.1, 0.15) is 11.6 Å². The molecule has 0 spiro atoms. The maximum Gasteiger partial charge on any atom is 0.143 e. The summed E-state index contributed by atoms with van der Waals surface area (Å²) < 4.78 is 0. The number of carbonyl (C=O) groups excluding carboxylic acids is 2. The molecule has 0 radical (unpaired) electrons. The van der Waals surface area contributed by atoms with E-state index in [-0.39, 0.29) is 17.4 Å². The van der Waals surface area contributed by atoms with Crippen LogP contribution in [0.1, 0.15) is 27.2 Å². The molecule has 0 aromatic carbocycles. The molecule has 3 heteroatoms. The summed E-state index contributed by atoms with van der Waals surface area (Å²) in [6, 6.07) is 0. The second kappa shape index (κ2) is 4.56. The fraction of sp³-hybridized carbons (Fsp3) is 0.600. The topological polar surface area (TPSA) is 34.1 Å². The molecule has 0 aliphatic heterocycles. The predicted molar refractivity (Wildman–Crippen MR) is 53.9 cm³/mol. The standard InChI is InChI=1S/C10H15ClO2/c1-7(6-11)5-10(4,8(2)12)9(3)13/h1,5-6H2,2-4H3. The van der Waals surface area contributed by atoms with E-state index < -0.39 is 5.41 Å². The van der Waals surface area contributed by atoms with Crippen molar-refractivity contribution in [2.45, 2.75) is 27.2 Å². The summed E-state index contributed by atoms with van der Waals surface area (Å²) in [5, 5.41) is 0. The first-order chi connectivity index (χ1) is 5.84. The van der Waals surface area contributed by atoms with E-state index in [2.05, 4.69) is 6.58 Å². The van der Waals surface area contributed by atoms with Crippen molar-refractivity contribution < 1.29 is 9.59 Å². The molecule has 0 saturated carbocycles. The number of hydrogen-bond donors (Lipinski definition) is 0. The van der Waals surface area contributed by atoms with Gasteiger partial charge in [-0.25, -0.2) is 0 Å². The molecule has 0 N–H and O–H groups in total. The highest BCUT2D eigenvalue weighted by Crippen LogP contribution is 2.27. The summed E-state index contributed by atoms with van der Waals surface area (Å²) >= 11 is 5.55. The lowest BCUT2D eigenvalue weighted by atomic mass is 9.77. The number of allylic oxidation sites excluding steroid dienone is 1. The zero-order valence-corrected chi connectivity index (χ0v) is 9.07. The van der Waals surface area contributed by atoms with Gasteiger partial charge in [-0.1, -0.05) is 12.2 Å². The molecule has 74 valence electrons. The minimum Gasteiger partial charge on any atom is -0.299 e. The van der Waals surface area contributed by atoms with Crippen LogP contribution >= 0.6 is 11.6 Å². The van der Waals surface area contributed by atoms with Crippen molar-refractivity contribution in [2.75, 3.05) is 5.88 Å². The maximum absolute atomic E-state index is 11.3. The van der Waals surface area contributed by atoms with Gasteiger partial charge in [-0.15, -0.1) is 11.6 Å². The number of rotatable bonds is 5. The third kappa shape index (κ3) is 2.96. The summed E-state index contributed by atoms with van der Waals surface area (Å²) in [6.45, 7) is 8.16. The maximum atomic E-state index is 11.3. The lowest BCUT2D eigenvalue weighted by Crippen LogP contribution is -2.33. The van der Waals surface area contributed by atoms with Crippen LogP contribution in [0.15, 0.2) is 12.2 Å². The summed E-state index contributed by atoms with van der Waals surface area (Å²) in [6.07, 6.45) is 0.348. The zero-order chi connectivity index (χ0) is 10.6. The van der Waals surface area contributed by atoms with E-state index in [1.807, 2.05) is 0 Å². The van der Waals surface area contributed by atoms with Gasteiger partial charge in [0.05, 0.1) is 5.41 Å². The van der Waals surface area contributed by atoms with Crippen LogP contribution in [-0.4, -0.2) is 17.4 Å². The summed E-state index contributed by atoms with van der Waals surface area (Å²) in [7, 11) is 0. The molecule has 0 aromatic rings. The molecular formula is C10H15ClO2. The third-order valence-corrected chi connectivity index (χ3v) is 2.72. The molecule has 0 aromatic heterocycles. The second-order valence-electron chi connectivity index (χ2n) is 3.50. The Bertz CT molecular complexity index is 229. The molecule has 0 aliphatic carbocycles. The Kier molecular flexibility index (Phi) is 4.34. The second-order valence-corrected chi connectivity index (χ2v) is 3.77. The van der Waals surface area contributed by atoms with Crippen molar-refractivity contribution in [3.05, 3.63) is 12.2 Å². The number of Topliss-reactive ketones (excluding diaryl/α,β-unsaturated/α-hetero) is 2. The molecule has 0 atom stereocenters. The number of hydrogen-bond acceptors (Lipinski definition) is 2. The van der Waals surface area contributed by atoms with Gasteiger partial charge < -0.3 is 0 Å². The van der Waals surface area contributed by atoms with E-state index in [1.165, 1.54) is 13.8 Å². The lowest BCUT2D eigenvalue weighted by molar-refractivity contribution is -0.137. The largest absolute Gasteiger partial charge is 0.299 e. The molecular weight excluding hydrogens is 188 g/mol. The highest BCUT2D eigenvalue weighted by Gasteiger charge is 2.35. The average Bonchev–Trinajstić information content (AvgIpc) is 2.03. The number of halogens is 1. The van der Waals surface area contributed by atoms with E-state index in [0.717, 1.165) is 5.57 Å². The number of alkyl halides is 1. The van der Waals surface area contributed by atoms with E-state index in [9.17, 15) is 9.59 Å². The van der Waals surface area contributed by atoms with Gasteiger partial charge in [0.2, 0.25) is 0 Å².